The second kappa shape index (κ2) is 6.61. The fraction of sp³-hybridized carbons (Fsp3) is 0.812. The maximum Gasteiger partial charge on any atom is 0.0738 e. The molecule has 2 unspecified atom stereocenters. The Balaban J connectivity index is 2.07. The molecule has 1 saturated carbocycles. The van der Waals surface area contributed by atoms with E-state index in [0.29, 0.717) is 6.42 Å². The van der Waals surface area contributed by atoms with Gasteiger partial charge in [-0.25, -0.2) is 0 Å². The van der Waals surface area contributed by atoms with Crippen LogP contribution in [0.3, 0.4) is 0 Å². The summed E-state index contributed by atoms with van der Waals surface area (Å²) in [5.74, 6) is 0.811. The van der Waals surface area contributed by atoms with E-state index >= 15 is 0 Å². The van der Waals surface area contributed by atoms with Crippen LogP contribution in [0, 0.1) is 12.8 Å². The summed E-state index contributed by atoms with van der Waals surface area (Å²) < 4.78 is 2.97. The highest BCUT2D eigenvalue weighted by atomic mass is 79.9. The monoisotopic (exact) mass is 342 g/mol. The Bertz CT molecular complexity index is 458. The molecule has 0 radical (unpaired) electrons. The number of halogens is 1. The zero-order valence-electron chi connectivity index (χ0n) is 13.0. The molecule has 0 amide bonds. The van der Waals surface area contributed by atoms with Crippen molar-refractivity contribution in [2.45, 2.75) is 70.8 Å². The quantitative estimate of drug-likeness (QED) is 0.834. The van der Waals surface area contributed by atoms with Crippen LogP contribution in [0.1, 0.15) is 63.3 Å². The van der Waals surface area contributed by atoms with Crippen molar-refractivity contribution in [1.82, 2.24) is 9.78 Å². The van der Waals surface area contributed by atoms with E-state index in [4.69, 9.17) is 0 Å². The van der Waals surface area contributed by atoms with Crippen LogP contribution < -0.4 is 0 Å². The van der Waals surface area contributed by atoms with Crippen molar-refractivity contribution < 1.29 is 5.11 Å². The van der Waals surface area contributed by atoms with Gasteiger partial charge in [-0.05, 0) is 48.0 Å². The smallest absolute Gasteiger partial charge is 0.0738 e. The molecule has 0 bridgehead atoms. The Morgan fingerprint density at radius 2 is 2.15 bits per heavy atom. The first-order valence-corrected chi connectivity index (χ1v) is 8.65. The fourth-order valence-corrected chi connectivity index (χ4v) is 4.00. The molecule has 0 aromatic carbocycles. The third-order valence-corrected chi connectivity index (χ3v) is 5.76. The second-order valence-corrected chi connectivity index (χ2v) is 7.25. The van der Waals surface area contributed by atoms with Gasteiger partial charge in [-0.1, -0.05) is 32.6 Å². The molecule has 0 saturated heterocycles. The zero-order chi connectivity index (χ0) is 14.8. The summed E-state index contributed by atoms with van der Waals surface area (Å²) in [6.07, 6.45) is 8.72. The van der Waals surface area contributed by atoms with Crippen LogP contribution >= 0.6 is 15.9 Å². The van der Waals surface area contributed by atoms with Gasteiger partial charge in [0.25, 0.3) is 0 Å². The van der Waals surface area contributed by atoms with Crippen LogP contribution in [0.5, 0.6) is 0 Å². The minimum atomic E-state index is -0.550. The number of aryl methyl sites for hydroxylation is 2. The van der Waals surface area contributed by atoms with Gasteiger partial charge in [-0.3, -0.25) is 4.68 Å². The minimum absolute atomic E-state index is 0.550. The van der Waals surface area contributed by atoms with Crippen molar-refractivity contribution in [3.8, 4) is 0 Å². The molecule has 0 spiro atoms. The molecule has 114 valence electrons. The Labute approximate surface area is 130 Å². The topological polar surface area (TPSA) is 38.1 Å². The lowest BCUT2D eigenvalue weighted by Crippen LogP contribution is -2.31. The number of aromatic nitrogens is 2. The Kier molecular flexibility index (Phi) is 5.30. The maximum absolute atomic E-state index is 11.0. The molecule has 1 fully saturated rings. The van der Waals surface area contributed by atoms with E-state index in [9.17, 15) is 5.11 Å². The molecule has 1 aromatic rings. The average molecular weight is 343 g/mol. The van der Waals surface area contributed by atoms with E-state index in [1.54, 1.807) is 0 Å². The molecule has 2 atom stereocenters. The summed E-state index contributed by atoms with van der Waals surface area (Å²) in [5, 5.41) is 15.4. The number of nitrogens with zero attached hydrogens (tertiary/aromatic N) is 2. The van der Waals surface area contributed by atoms with E-state index in [2.05, 4.69) is 28.0 Å². The summed E-state index contributed by atoms with van der Waals surface area (Å²) in [5.41, 5.74) is 1.58. The van der Waals surface area contributed by atoms with Crippen LogP contribution in [0.2, 0.25) is 0 Å². The first kappa shape index (κ1) is 16.0. The number of hydrogen-bond acceptors (Lipinski definition) is 2. The van der Waals surface area contributed by atoms with Crippen LogP contribution in [0.4, 0.5) is 0 Å². The highest BCUT2D eigenvalue weighted by Crippen LogP contribution is 2.36. The Morgan fingerprint density at radius 3 is 2.75 bits per heavy atom. The molecular weight excluding hydrogens is 316 g/mol. The van der Waals surface area contributed by atoms with Crippen LogP contribution in [-0.4, -0.2) is 20.5 Å². The number of hydrogen-bond donors (Lipinski definition) is 1. The van der Waals surface area contributed by atoms with Gasteiger partial charge in [0.1, 0.15) is 0 Å². The van der Waals surface area contributed by atoms with Crippen LogP contribution in [-0.2, 0) is 13.5 Å². The zero-order valence-corrected chi connectivity index (χ0v) is 14.5. The van der Waals surface area contributed by atoms with E-state index in [-0.39, 0.29) is 0 Å². The molecule has 2 rings (SSSR count). The molecule has 1 aliphatic carbocycles. The Morgan fingerprint density at radius 1 is 1.40 bits per heavy atom. The maximum atomic E-state index is 11.0. The van der Waals surface area contributed by atoms with Crippen molar-refractivity contribution in [2.24, 2.45) is 13.0 Å². The van der Waals surface area contributed by atoms with E-state index < -0.39 is 5.60 Å². The lowest BCUT2D eigenvalue weighted by Gasteiger charge is -2.27. The largest absolute Gasteiger partial charge is 0.389 e. The molecular formula is C16H27BrN2O. The van der Waals surface area contributed by atoms with E-state index in [0.717, 1.165) is 41.0 Å². The summed E-state index contributed by atoms with van der Waals surface area (Å²) >= 11 is 3.61. The summed E-state index contributed by atoms with van der Waals surface area (Å²) in [7, 11) is 1.97. The van der Waals surface area contributed by atoms with Gasteiger partial charge in [-0.2, -0.15) is 5.10 Å². The standard InChI is InChI=1S/C16H27BrN2O/c1-4-6-13-7-5-9-16(20,10-8-13)11-14-15(17)12(2)18-19(14)3/h13,20H,4-11H2,1-3H3. The van der Waals surface area contributed by atoms with Gasteiger partial charge in [0.15, 0.2) is 0 Å². The summed E-state index contributed by atoms with van der Waals surface area (Å²) in [4.78, 5) is 0. The summed E-state index contributed by atoms with van der Waals surface area (Å²) in [6.45, 7) is 4.26. The predicted molar refractivity (Wildman–Crippen MR) is 85.8 cm³/mol. The highest BCUT2D eigenvalue weighted by Gasteiger charge is 2.32. The molecule has 20 heavy (non-hydrogen) atoms. The van der Waals surface area contributed by atoms with Gasteiger partial charge < -0.3 is 5.11 Å². The summed E-state index contributed by atoms with van der Waals surface area (Å²) in [6, 6.07) is 0. The fourth-order valence-electron chi connectivity index (χ4n) is 3.52. The molecule has 1 aromatic heterocycles. The highest BCUT2D eigenvalue weighted by molar-refractivity contribution is 9.10. The van der Waals surface area contributed by atoms with Gasteiger partial charge >= 0.3 is 0 Å². The first-order chi connectivity index (χ1) is 9.45. The van der Waals surface area contributed by atoms with E-state index in [1.807, 2.05) is 18.7 Å². The normalized spacial score (nSPS) is 27.6. The van der Waals surface area contributed by atoms with Gasteiger partial charge in [0.05, 0.1) is 21.5 Å². The van der Waals surface area contributed by atoms with Gasteiger partial charge in [0, 0.05) is 13.5 Å². The van der Waals surface area contributed by atoms with Crippen molar-refractivity contribution in [1.29, 1.82) is 0 Å². The lowest BCUT2D eigenvalue weighted by molar-refractivity contribution is 0.0222. The van der Waals surface area contributed by atoms with Crippen LogP contribution in [0.15, 0.2) is 4.47 Å². The second-order valence-electron chi connectivity index (χ2n) is 6.46. The molecule has 1 N–H and O–H groups in total. The van der Waals surface area contributed by atoms with Gasteiger partial charge in [0.2, 0.25) is 0 Å². The van der Waals surface area contributed by atoms with E-state index in [1.165, 1.54) is 25.7 Å². The number of aliphatic hydroxyl groups is 1. The molecule has 3 nitrogen and oxygen atoms in total. The molecule has 1 heterocycles. The van der Waals surface area contributed by atoms with Crippen molar-refractivity contribution >= 4 is 15.9 Å². The number of rotatable bonds is 4. The van der Waals surface area contributed by atoms with Crippen LogP contribution in [0.25, 0.3) is 0 Å². The third kappa shape index (κ3) is 3.64. The minimum Gasteiger partial charge on any atom is -0.389 e. The van der Waals surface area contributed by atoms with Crippen molar-refractivity contribution in [2.75, 3.05) is 0 Å². The average Bonchev–Trinajstić information content (AvgIpc) is 2.56. The van der Waals surface area contributed by atoms with Crippen molar-refractivity contribution in [3.05, 3.63) is 15.9 Å². The molecule has 4 heteroatoms. The van der Waals surface area contributed by atoms with Gasteiger partial charge in [-0.15, -0.1) is 0 Å². The SMILES string of the molecule is CCCC1CCCC(O)(Cc2c(Br)c(C)nn2C)CC1. The Hall–Kier alpha value is -0.350. The lowest BCUT2D eigenvalue weighted by atomic mass is 9.88. The third-order valence-electron chi connectivity index (χ3n) is 4.73. The molecule has 1 aliphatic rings. The predicted octanol–water partition coefficient (Wildman–Crippen LogP) is 4.15. The first-order valence-electron chi connectivity index (χ1n) is 7.85. The molecule has 0 aliphatic heterocycles. The van der Waals surface area contributed by atoms with Crippen molar-refractivity contribution in [3.63, 3.8) is 0 Å².